The number of aliphatic imine (C=N–C) groups is 1. The normalized spacial score (nSPS) is 46.9. The zero-order valence-corrected chi connectivity index (χ0v) is 26.5. The number of amides is 1. The van der Waals surface area contributed by atoms with Crippen LogP contribution in [0.15, 0.2) is 4.99 Å². The van der Waals surface area contributed by atoms with Crippen molar-refractivity contribution in [2.24, 2.45) is 27.9 Å². The van der Waals surface area contributed by atoms with E-state index in [2.05, 4.69) is 20.9 Å². The SMILES string of the molecule is CN[C@@H]1[C@@H](O)[C@@H](O[C@@H]2[C@@H](O)[C@H](O[C@H]3O[C@H](CNCCCN)[C@@H](O)[C@H](O)[C@H]3O)[C@@H](N)C[C@H]2NC(=O)C2(O)CC2N=C(N)N)OC[C@]1(C)O. The number of aliphatic hydroxyl groups is 7. The Balaban J connectivity index is 1.54. The van der Waals surface area contributed by atoms with E-state index < -0.39 is 103 Å². The van der Waals surface area contributed by atoms with Gasteiger partial charge in [0.15, 0.2) is 24.1 Å². The molecule has 4 fully saturated rings. The summed E-state index contributed by atoms with van der Waals surface area (Å²) in [4.78, 5) is 17.0. The van der Waals surface area contributed by atoms with Crippen molar-refractivity contribution >= 4 is 11.9 Å². The fourth-order valence-corrected chi connectivity index (χ4v) is 6.39. The van der Waals surface area contributed by atoms with Crippen molar-refractivity contribution in [3.63, 3.8) is 0 Å². The molecule has 0 aromatic heterocycles. The summed E-state index contributed by atoms with van der Waals surface area (Å²) in [5.74, 6) is -1.18. The zero-order valence-electron chi connectivity index (χ0n) is 26.5. The molecule has 4 aliphatic rings. The van der Waals surface area contributed by atoms with E-state index in [9.17, 15) is 40.5 Å². The summed E-state index contributed by atoms with van der Waals surface area (Å²) in [5.41, 5.74) is 19.3. The molecular formula is C27H52N8O12. The quantitative estimate of drug-likeness (QED) is 0.0487. The number of likely N-dealkylation sites (N-methyl/N-ethyl adjacent to an activating group) is 1. The van der Waals surface area contributed by atoms with Crippen LogP contribution in [0.25, 0.3) is 0 Å². The fraction of sp³-hybridized carbons (Fsp3) is 0.926. The lowest BCUT2D eigenvalue weighted by molar-refractivity contribution is -0.330. The van der Waals surface area contributed by atoms with Crippen molar-refractivity contribution in [1.29, 1.82) is 0 Å². The van der Waals surface area contributed by atoms with Crippen molar-refractivity contribution in [2.75, 3.05) is 33.3 Å². The monoisotopic (exact) mass is 680 g/mol. The van der Waals surface area contributed by atoms with E-state index in [4.69, 9.17) is 41.9 Å². The van der Waals surface area contributed by atoms with E-state index in [0.717, 1.165) is 0 Å². The molecule has 2 unspecified atom stereocenters. The van der Waals surface area contributed by atoms with Crippen molar-refractivity contribution < 1.29 is 59.5 Å². The average molecular weight is 681 g/mol. The molecule has 2 heterocycles. The second kappa shape index (κ2) is 15.4. The average Bonchev–Trinajstić information content (AvgIpc) is 3.66. The van der Waals surface area contributed by atoms with Crippen molar-refractivity contribution in [1.82, 2.24) is 16.0 Å². The van der Waals surface area contributed by atoms with Crippen LogP contribution in [0.4, 0.5) is 0 Å². The minimum atomic E-state index is -1.93. The minimum Gasteiger partial charge on any atom is -0.388 e. The molecule has 0 radical (unpaired) electrons. The van der Waals surface area contributed by atoms with Crippen molar-refractivity contribution in [2.45, 2.75) is 123 Å². The van der Waals surface area contributed by atoms with E-state index in [1.165, 1.54) is 14.0 Å². The van der Waals surface area contributed by atoms with E-state index >= 15 is 0 Å². The Hall–Kier alpha value is -1.86. The van der Waals surface area contributed by atoms with Gasteiger partial charge in [0.1, 0.15) is 54.4 Å². The summed E-state index contributed by atoms with van der Waals surface area (Å²) in [6.45, 7) is 2.22. The summed E-state index contributed by atoms with van der Waals surface area (Å²) < 4.78 is 23.4. The van der Waals surface area contributed by atoms with Crippen molar-refractivity contribution in [3.05, 3.63) is 0 Å². The molecule has 20 nitrogen and oxygen atoms in total. The summed E-state index contributed by atoms with van der Waals surface area (Å²) in [7, 11) is 1.53. The van der Waals surface area contributed by atoms with Crippen LogP contribution in [0.1, 0.15) is 26.2 Å². The Bertz CT molecular complexity index is 1090. The van der Waals surface area contributed by atoms with Gasteiger partial charge in [-0.3, -0.25) is 4.79 Å². The highest BCUT2D eigenvalue weighted by Gasteiger charge is 2.61. The maximum absolute atomic E-state index is 13.2. The molecular weight excluding hydrogens is 628 g/mol. The molecule has 2 aliphatic carbocycles. The van der Waals surface area contributed by atoms with Gasteiger partial charge in [0, 0.05) is 19.0 Å². The molecule has 4 rings (SSSR count). The van der Waals surface area contributed by atoms with Gasteiger partial charge in [-0.05, 0) is 39.9 Å². The molecule has 0 aromatic carbocycles. The number of aliphatic hydroxyl groups excluding tert-OH is 5. The Morgan fingerprint density at radius 2 is 1.68 bits per heavy atom. The first-order valence-corrected chi connectivity index (χ1v) is 15.7. The Kier molecular flexibility index (Phi) is 12.4. The second-order valence-corrected chi connectivity index (χ2v) is 13.0. The summed E-state index contributed by atoms with van der Waals surface area (Å²) >= 11 is 0. The highest BCUT2D eigenvalue weighted by atomic mass is 16.7. The standard InChI is InChI=1S/C27H52N8O12/c1-26(42)9-44-22(18(40)21(26)32-2)47-20-11(34-24(41)27(43)7-13(27)35-25(30)31)6-10(29)19(17(20)39)46-23-16(38)15(37)14(36)12(45-23)8-33-5-3-4-28/h10-23,32-33,36-40,42-43H,3-9,28-29H2,1-2H3,(H,34,41)(H4,30,31,35)/t10-,11+,12+,13?,14+,15-,16+,17-,18+,19+,20-,21+,22+,23+,26-,27?/m0/s1. The van der Waals surface area contributed by atoms with Gasteiger partial charge in [-0.2, -0.15) is 0 Å². The third-order valence-electron chi connectivity index (χ3n) is 9.22. The number of nitrogens with zero attached hydrogens (tertiary/aromatic N) is 1. The molecule has 16 atom stereocenters. The van der Waals surface area contributed by atoms with Crippen LogP contribution in [0, 0.1) is 0 Å². The molecule has 2 aliphatic heterocycles. The third kappa shape index (κ3) is 8.31. The number of guanidine groups is 1. The van der Waals surface area contributed by atoms with Crippen LogP contribution in [0.3, 0.4) is 0 Å². The number of hydrogen-bond acceptors (Lipinski definition) is 17. The number of carbonyl (C=O) groups is 1. The molecule has 0 aromatic rings. The maximum Gasteiger partial charge on any atom is 0.254 e. The van der Waals surface area contributed by atoms with E-state index in [-0.39, 0.29) is 32.0 Å². The van der Waals surface area contributed by atoms with E-state index in [0.29, 0.717) is 19.5 Å². The van der Waals surface area contributed by atoms with Gasteiger partial charge in [-0.25, -0.2) is 4.99 Å². The zero-order chi connectivity index (χ0) is 34.8. The van der Waals surface area contributed by atoms with Crippen LogP contribution >= 0.6 is 0 Å². The Morgan fingerprint density at radius 1 is 1.00 bits per heavy atom. The molecule has 47 heavy (non-hydrogen) atoms. The Labute approximate surface area is 271 Å². The molecule has 2 saturated heterocycles. The first kappa shape index (κ1) is 38.0. The lowest BCUT2D eigenvalue weighted by atomic mass is 9.83. The lowest BCUT2D eigenvalue weighted by Gasteiger charge is -2.49. The molecule has 0 bridgehead atoms. The van der Waals surface area contributed by atoms with Crippen LogP contribution in [-0.4, -0.2) is 178 Å². The Morgan fingerprint density at radius 3 is 2.32 bits per heavy atom. The number of nitrogens with two attached hydrogens (primary N) is 4. The van der Waals surface area contributed by atoms with E-state index in [1.807, 2.05) is 0 Å². The number of rotatable bonds is 13. The predicted octanol–water partition coefficient (Wildman–Crippen LogP) is -8.09. The van der Waals surface area contributed by atoms with Crippen LogP contribution in [0.2, 0.25) is 0 Å². The molecule has 1 amide bonds. The van der Waals surface area contributed by atoms with Crippen LogP contribution in [0.5, 0.6) is 0 Å². The number of ether oxygens (including phenoxy) is 4. The van der Waals surface area contributed by atoms with Gasteiger partial charge >= 0.3 is 0 Å². The summed E-state index contributed by atoms with van der Waals surface area (Å²) in [6, 6.07) is -3.93. The molecule has 20 heteroatoms. The number of nitrogens with one attached hydrogen (secondary N) is 3. The van der Waals surface area contributed by atoms with Gasteiger partial charge in [-0.15, -0.1) is 0 Å². The highest BCUT2D eigenvalue weighted by Crippen LogP contribution is 2.40. The first-order chi connectivity index (χ1) is 22.0. The van der Waals surface area contributed by atoms with Gasteiger partial charge in [0.05, 0.1) is 24.7 Å². The predicted molar refractivity (Wildman–Crippen MR) is 162 cm³/mol. The van der Waals surface area contributed by atoms with E-state index in [1.54, 1.807) is 0 Å². The van der Waals surface area contributed by atoms with Crippen LogP contribution < -0.4 is 38.9 Å². The maximum atomic E-state index is 13.2. The first-order valence-electron chi connectivity index (χ1n) is 15.7. The lowest BCUT2D eigenvalue weighted by Crippen LogP contribution is -2.70. The third-order valence-corrected chi connectivity index (χ3v) is 9.22. The fourth-order valence-electron chi connectivity index (χ4n) is 6.39. The molecule has 0 spiro atoms. The van der Waals surface area contributed by atoms with Gasteiger partial charge in [0.2, 0.25) is 0 Å². The summed E-state index contributed by atoms with van der Waals surface area (Å²) in [5, 5.41) is 84.4. The molecule has 2 saturated carbocycles. The van der Waals surface area contributed by atoms with Crippen LogP contribution in [-0.2, 0) is 23.7 Å². The number of hydrogen-bond donors (Lipinski definition) is 14. The minimum absolute atomic E-state index is 0.0635. The smallest absolute Gasteiger partial charge is 0.254 e. The molecule has 18 N–H and O–H groups in total. The molecule has 272 valence electrons. The second-order valence-electron chi connectivity index (χ2n) is 13.0. The van der Waals surface area contributed by atoms with Crippen molar-refractivity contribution in [3.8, 4) is 0 Å². The highest BCUT2D eigenvalue weighted by molar-refractivity contribution is 5.90. The summed E-state index contributed by atoms with van der Waals surface area (Å²) in [6.07, 6.45) is -14.3. The van der Waals surface area contributed by atoms with Gasteiger partial charge in [0.25, 0.3) is 5.91 Å². The topological polar surface area (TPSA) is 348 Å². The van der Waals surface area contributed by atoms with Gasteiger partial charge in [-0.1, -0.05) is 0 Å². The van der Waals surface area contributed by atoms with Gasteiger partial charge < -0.3 is 93.6 Å². The largest absolute Gasteiger partial charge is 0.388 e. The number of carbonyl (C=O) groups excluding carboxylic acids is 1.